The summed E-state index contributed by atoms with van der Waals surface area (Å²) in [6, 6.07) is 15.7. The van der Waals surface area contributed by atoms with Gasteiger partial charge in [0, 0.05) is 22.1 Å². The number of ketones is 1. The first-order chi connectivity index (χ1) is 16.4. The van der Waals surface area contributed by atoms with Crippen molar-refractivity contribution in [3.8, 4) is 0 Å². The molecule has 3 aromatic rings. The van der Waals surface area contributed by atoms with E-state index in [0.717, 1.165) is 43.4 Å². The SMILES string of the molecule is Cc1ccc(N=NC(=C2C=C(C(C)(C)C)C(=O)C(C(C)(C)C)=C2)c2oc3ccccc3c2Br)cc1. The standard InChI is InChI=1S/C30H31BrN2O2/c1-18-12-14-20(15-13-18)32-33-26(28-25(31)21-10-8-9-11-24(21)35-28)19-16-22(29(2,3)4)27(34)23(17-19)30(5,6)7/h8-17H,1-7H3. The first-order valence-electron chi connectivity index (χ1n) is 11.8. The molecule has 2 aromatic carbocycles. The Kier molecular flexibility index (Phi) is 6.58. The number of hydrogen-bond donors (Lipinski definition) is 0. The van der Waals surface area contributed by atoms with E-state index in [0.29, 0.717) is 11.5 Å². The van der Waals surface area contributed by atoms with Crippen LogP contribution in [-0.2, 0) is 4.79 Å². The predicted octanol–water partition coefficient (Wildman–Crippen LogP) is 9.53. The molecule has 0 fully saturated rings. The number of benzene rings is 2. The summed E-state index contributed by atoms with van der Waals surface area (Å²) in [7, 11) is 0. The number of fused-ring (bicyclic) bond motifs is 1. The summed E-state index contributed by atoms with van der Waals surface area (Å²) in [6.45, 7) is 14.4. The summed E-state index contributed by atoms with van der Waals surface area (Å²) in [4.78, 5) is 13.5. The van der Waals surface area contributed by atoms with Gasteiger partial charge < -0.3 is 4.42 Å². The smallest absolute Gasteiger partial charge is 0.186 e. The first-order valence-corrected chi connectivity index (χ1v) is 12.5. The van der Waals surface area contributed by atoms with Gasteiger partial charge >= 0.3 is 0 Å². The summed E-state index contributed by atoms with van der Waals surface area (Å²) in [6.07, 6.45) is 3.89. The fourth-order valence-electron chi connectivity index (χ4n) is 4.00. The van der Waals surface area contributed by atoms with E-state index in [1.807, 2.05) is 67.6 Å². The van der Waals surface area contributed by atoms with Gasteiger partial charge in [0.1, 0.15) is 11.3 Å². The number of azo groups is 1. The molecule has 0 aliphatic heterocycles. The number of aryl methyl sites for hydroxylation is 1. The van der Waals surface area contributed by atoms with Crippen LogP contribution < -0.4 is 0 Å². The Labute approximate surface area is 215 Å². The van der Waals surface area contributed by atoms with E-state index < -0.39 is 0 Å². The third-order valence-corrected chi connectivity index (χ3v) is 6.82. The topological polar surface area (TPSA) is 54.9 Å². The molecule has 4 nitrogen and oxygen atoms in total. The largest absolute Gasteiger partial charge is 0.453 e. The Balaban J connectivity index is 2.03. The average molecular weight is 531 g/mol. The van der Waals surface area contributed by atoms with Crippen LogP contribution >= 0.6 is 15.9 Å². The molecular weight excluding hydrogens is 500 g/mol. The maximum absolute atomic E-state index is 13.5. The second-order valence-electron chi connectivity index (χ2n) is 11.0. The lowest BCUT2D eigenvalue weighted by atomic mass is 9.71. The van der Waals surface area contributed by atoms with E-state index in [4.69, 9.17) is 9.53 Å². The quantitative estimate of drug-likeness (QED) is 0.316. The third-order valence-electron chi connectivity index (χ3n) is 6.03. The number of halogens is 1. The summed E-state index contributed by atoms with van der Waals surface area (Å²) in [5.74, 6) is 0.660. The molecule has 5 heteroatoms. The summed E-state index contributed by atoms with van der Waals surface area (Å²) >= 11 is 3.74. The molecule has 0 saturated carbocycles. The number of hydrogen-bond acceptors (Lipinski definition) is 4. The fourth-order valence-corrected chi connectivity index (χ4v) is 4.60. The van der Waals surface area contributed by atoms with Crippen molar-refractivity contribution in [1.29, 1.82) is 0 Å². The van der Waals surface area contributed by atoms with E-state index >= 15 is 0 Å². The molecule has 35 heavy (non-hydrogen) atoms. The molecule has 1 heterocycles. The maximum Gasteiger partial charge on any atom is 0.186 e. The van der Waals surface area contributed by atoms with Crippen molar-refractivity contribution in [2.75, 3.05) is 0 Å². The molecule has 1 aliphatic rings. The lowest BCUT2D eigenvalue weighted by Crippen LogP contribution is -2.28. The number of para-hydroxylation sites is 1. The maximum atomic E-state index is 13.5. The number of nitrogens with zero attached hydrogens (tertiary/aromatic N) is 2. The summed E-state index contributed by atoms with van der Waals surface area (Å²) in [5, 5.41) is 10.2. The molecule has 0 saturated heterocycles. The zero-order valence-corrected chi connectivity index (χ0v) is 22.9. The van der Waals surface area contributed by atoms with Crippen molar-refractivity contribution in [2.24, 2.45) is 21.1 Å². The number of Topliss-reactive ketones (excluding diaryl/α,β-unsaturated/α-hetero) is 1. The monoisotopic (exact) mass is 530 g/mol. The fraction of sp³-hybridized carbons (Fsp3) is 0.300. The molecule has 1 aliphatic carbocycles. The minimum absolute atomic E-state index is 0.0762. The highest BCUT2D eigenvalue weighted by atomic mass is 79.9. The highest BCUT2D eigenvalue weighted by molar-refractivity contribution is 9.10. The Morgan fingerprint density at radius 2 is 1.43 bits per heavy atom. The van der Waals surface area contributed by atoms with Crippen LogP contribution in [0, 0.1) is 17.8 Å². The van der Waals surface area contributed by atoms with Crippen molar-refractivity contribution in [2.45, 2.75) is 48.5 Å². The zero-order chi connectivity index (χ0) is 25.5. The van der Waals surface area contributed by atoms with Crippen LogP contribution in [0.25, 0.3) is 16.7 Å². The van der Waals surface area contributed by atoms with Crippen LogP contribution in [0.1, 0.15) is 52.9 Å². The van der Waals surface area contributed by atoms with Gasteiger partial charge in [0.2, 0.25) is 0 Å². The molecule has 0 amide bonds. The summed E-state index contributed by atoms with van der Waals surface area (Å²) < 4.78 is 7.10. The molecular formula is C30H31BrN2O2. The lowest BCUT2D eigenvalue weighted by molar-refractivity contribution is -0.114. The minimum Gasteiger partial charge on any atom is -0.453 e. The molecule has 0 spiro atoms. The minimum atomic E-state index is -0.336. The van der Waals surface area contributed by atoms with Gasteiger partial charge in [0.05, 0.1) is 10.2 Å². The summed E-state index contributed by atoms with van der Waals surface area (Å²) in [5.41, 5.74) is 4.85. The van der Waals surface area contributed by atoms with Crippen molar-refractivity contribution in [1.82, 2.24) is 0 Å². The highest BCUT2D eigenvalue weighted by Gasteiger charge is 2.35. The Morgan fingerprint density at radius 1 is 0.857 bits per heavy atom. The average Bonchev–Trinajstić information content (AvgIpc) is 3.11. The van der Waals surface area contributed by atoms with Crippen molar-refractivity contribution in [3.05, 3.63) is 93.2 Å². The molecule has 0 radical (unpaired) electrons. The molecule has 0 unspecified atom stereocenters. The number of rotatable bonds is 3. The zero-order valence-electron chi connectivity index (χ0n) is 21.4. The number of carbonyl (C=O) groups excluding carboxylic acids is 1. The van der Waals surface area contributed by atoms with Crippen LogP contribution in [0.5, 0.6) is 0 Å². The van der Waals surface area contributed by atoms with Gasteiger partial charge in [-0.1, -0.05) is 71.4 Å². The Hall–Kier alpha value is -3.05. The van der Waals surface area contributed by atoms with Crippen LogP contribution in [0.2, 0.25) is 0 Å². The van der Waals surface area contributed by atoms with Gasteiger partial charge in [-0.25, -0.2) is 0 Å². The molecule has 0 atom stereocenters. The van der Waals surface area contributed by atoms with Gasteiger partial charge in [-0.05, 0) is 70.1 Å². The first kappa shape index (κ1) is 25.1. The van der Waals surface area contributed by atoms with E-state index in [2.05, 4.69) is 62.6 Å². The second kappa shape index (κ2) is 9.19. The number of furan rings is 1. The Morgan fingerprint density at radius 3 is 1.97 bits per heavy atom. The second-order valence-corrected chi connectivity index (χ2v) is 11.8. The van der Waals surface area contributed by atoms with Crippen LogP contribution in [0.4, 0.5) is 5.69 Å². The van der Waals surface area contributed by atoms with Crippen molar-refractivity contribution in [3.63, 3.8) is 0 Å². The van der Waals surface area contributed by atoms with Gasteiger partial charge in [0.25, 0.3) is 0 Å². The number of carbonyl (C=O) groups is 1. The molecule has 4 rings (SSSR count). The van der Waals surface area contributed by atoms with E-state index in [1.54, 1.807) is 0 Å². The molecule has 180 valence electrons. The van der Waals surface area contributed by atoms with Crippen LogP contribution in [0.3, 0.4) is 0 Å². The van der Waals surface area contributed by atoms with E-state index in [1.165, 1.54) is 0 Å². The molecule has 0 bridgehead atoms. The number of allylic oxidation sites excluding steroid dienone is 5. The lowest BCUT2D eigenvalue weighted by Gasteiger charge is -2.31. The van der Waals surface area contributed by atoms with Gasteiger partial charge in [-0.15, -0.1) is 5.11 Å². The highest BCUT2D eigenvalue weighted by Crippen LogP contribution is 2.43. The van der Waals surface area contributed by atoms with E-state index in [9.17, 15) is 4.79 Å². The van der Waals surface area contributed by atoms with Gasteiger partial charge in [-0.2, -0.15) is 5.11 Å². The van der Waals surface area contributed by atoms with Crippen molar-refractivity contribution >= 4 is 44.1 Å². The van der Waals surface area contributed by atoms with E-state index in [-0.39, 0.29) is 16.6 Å². The van der Waals surface area contributed by atoms with Gasteiger partial charge in [0.15, 0.2) is 11.5 Å². The van der Waals surface area contributed by atoms with Gasteiger partial charge in [-0.3, -0.25) is 4.79 Å². The van der Waals surface area contributed by atoms with Crippen molar-refractivity contribution < 1.29 is 9.21 Å². The predicted molar refractivity (Wildman–Crippen MR) is 147 cm³/mol. The molecule has 1 aromatic heterocycles. The van der Waals surface area contributed by atoms with Crippen LogP contribution in [0.15, 0.2) is 96.5 Å². The Bertz CT molecular complexity index is 1380. The normalized spacial score (nSPS) is 15.1. The molecule has 0 N–H and O–H groups in total. The van der Waals surface area contributed by atoms with Crippen LogP contribution in [-0.4, -0.2) is 5.78 Å². The third kappa shape index (κ3) is 5.15.